The van der Waals surface area contributed by atoms with Crippen molar-refractivity contribution in [2.24, 2.45) is 0 Å². The van der Waals surface area contributed by atoms with Gasteiger partial charge in [0.2, 0.25) is 0 Å². The van der Waals surface area contributed by atoms with E-state index in [4.69, 9.17) is 4.74 Å². The molecule has 0 unspecified atom stereocenters. The standard InChI is InChI=1S/C12H13F2NO/c13-10-5-11(14)7-12(6-10)16-8-9-1-3-15-4-2-9/h1,5-7,15H,2-4,8H2. The van der Waals surface area contributed by atoms with Gasteiger partial charge in [-0.05, 0) is 18.5 Å². The number of ether oxygens (including phenoxy) is 1. The van der Waals surface area contributed by atoms with E-state index in [-0.39, 0.29) is 5.75 Å². The van der Waals surface area contributed by atoms with Gasteiger partial charge in [0.05, 0.1) is 0 Å². The summed E-state index contributed by atoms with van der Waals surface area (Å²) in [5, 5.41) is 3.18. The Balaban J connectivity index is 1.96. The van der Waals surface area contributed by atoms with Crippen LogP contribution in [0.2, 0.25) is 0 Å². The fraction of sp³-hybridized carbons (Fsp3) is 0.333. The summed E-state index contributed by atoms with van der Waals surface area (Å²) in [6, 6.07) is 3.20. The fourth-order valence-electron chi connectivity index (χ4n) is 1.59. The van der Waals surface area contributed by atoms with E-state index in [9.17, 15) is 8.78 Å². The zero-order valence-electron chi connectivity index (χ0n) is 8.80. The number of rotatable bonds is 3. The third-order valence-corrected chi connectivity index (χ3v) is 2.42. The summed E-state index contributed by atoms with van der Waals surface area (Å²) in [6.45, 7) is 2.15. The SMILES string of the molecule is Fc1cc(F)cc(OCC2=CCNCC2)c1. The zero-order chi connectivity index (χ0) is 11.4. The maximum atomic E-state index is 12.8. The summed E-state index contributed by atoms with van der Waals surface area (Å²) in [5.41, 5.74) is 1.16. The minimum Gasteiger partial charge on any atom is -0.489 e. The van der Waals surface area contributed by atoms with Gasteiger partial charge in [0, 0.05) is 24.7 Å². The van der Waals surface area contributed by atoms with Crippen LogP contribution < -0.4 is 10.1 Å². The molecule has 0 spiro atoms. The lowest BCUT2D eigenvalue weighted by atomic mass is 10.1. The highest BCUT2D eigenvalue weighted by Crippen LogP contribution is 2.16. The first-order chi connectivity index (χ1) is 7.74. The monoisotopic (exact) mass is 225 g/mol. The molecule has 0 amide bonds. The van der Waals surface area contributed by atoms with Crippen LogP contribution in [0.4, 0.5) is 8.78 Å². The van der Waals surface area contributed by atoms with Crippen molar-refractivity contribution < 1.29 is 13.5 Å². The van der Waals surface area contributed by atoms with Crippen molar-refractivity contribution in [1.82, 2.24) is 5.32 Å². The molecule has 86 valence electrons. The Morgan fingerprint density at radius 1 is 1.19 bits per heavy atom. The predicted octanol–water partition coefficient (Wildman–Crippen LogP) is 2.26. The molecule has 1 heterocycles. The Morgan fingerprint density at radius 3 is 2.56 bits per heavy atom. The highest BCUT2D eigenvalue weighted by Gasteiger charge is 2.05. The van der Waals surface area contributed by atoms with Gasteiger partial charge in [-0.1, -0.05) is 6.08 Å². The summed E-state index contributed by atoms with van der Waals surface area (Å²) in [6.07, 6.45) is 2.96. The van der Waals surface area contributed by atoms with E-state index in [2.05, 4.69) is 5.32 Å². The second-order valence-corrected chi connectivity index (χ2v) is 3.71. The summed E-state index contributed by atoms with van der Waals surface area (Å²) in [5.74, 6) is -1.000. The topological polar surface area (TPSA) is 21.3 Å². The number of nitrogens with one attached hydrogen (secondary N) is 1. The van der Waals surface area contributed by atoms with Gasteiger partial charge in [-0.15, -0.1) is 0 Å². The molecule has 0 aromatic heterocycles. The Bertz CT molecular complexity index is 384. The summed E-state index contributed by atoms with van der Waals surface area (Å²) >= 11 is 0. The van der Waals surface area contributed by atoms with Gasteiger partial charge in [-0.3, -0.25) is 0 Å². The molecule has 1 N–H and O–H groups in total. The number of benzene rings is 1. The molecule has 0 radical (unpaired) electrons. The zero-order valence-corrected chi connectivity index (χ0v) is 8.80. The third-order valence-electron chi connectivity index (χ3n) is 2.42. The molecular formula is C12H13F2NO. The molecule has 0 saturated carbocycles. The third kappa shape index (κ3) is 3.03. The first-order valence-corrected chi connectivity index (χ1v) is 5.21. The van der Waals surface area contributed by atoms with Crippen LogP contribution >= 0.6 is 0 Å². The van der Waals surface area contributed by atoms with Gasteiger partial charge < -0.3 is 10.1 Å². The molecule has 0 atom stereocenters. The summed E-state index contributed by atoms with van der Waals surface area (Å²) in [7, 11) is 0. The Morgan fingerprint density at radius 2 is 1.94 bits per heavy atom. The molecule has 1 aliphatic rings. The van der Waals surface area contributed by atoms with Gasteiger partial charge in [-0.2, -0.15) is 0 Å². The van der Waals surface area contributed by atoms with Gasteiger partial charge >= 0.3 is 0 Å². The van der Waals surface area contributed by atoms with E-state index in [1.54, 1.807) is 0 Å². The molecule has 2 rings (SSSR count). The van der Waals surface area contributed by atoms with E-state index in [0.717, 1.165) is 31.1 Å². The molecule has 0 saturated heterocycles. The lowest BCUT2D eigenvalue weighted by Crippen LogP contribution is -2.22. The van der Waals surface area contributed by atoms with Crippen LogP contribution in [0.15, 0.2) is 29.8 Å². The quantitative estimate of drug-likeness (QED) is 0.797. The second-order valence-electron chi connectivity index (χ2n) is 3.71. The molecule has 1 aromatic rings. The molecule has 1 aliphatic heterocycles. The Labute approximate surface area is 92.9 Å². The van der Waals surface area contributed by atoms with Crippen molar-refractivity contribution in [3.05, 3.63) is 41.5 Å². The van der Waals surface area contributed by atoms with Crippen LogP contribution in [0, 0.1) is 11.6 Å². The molecule has 0 aliphatic carbocycles. The Hall–Kier alpha value is -1.42. The maximum Gasteiger partial charge on any atom is 0.129 e. The van der Waals surface area contributed by atoms with Crippen LogP contribution in [0.25, 0.3) is 0 Å². The fourth-order valence-corrected chi connectivity index (χ4v) is 1.59. The predicted molar refractivity (Wildman–Crippen MR) is 57.4 cm³/mol. The first-order valence-electron chi connectivity index (χ1n) is 5.21. The van der Waals surface area contributed by atoms with Gasteiger partial charge in [-0.25, -0.2) is 8.78 Å². The molecule has 0 bridgehead atoms. The van der Waals surface area contributed by atoms with E-state index >= 15 is 0 Å². The number of halogens is 2. The minimum atomic E-state index is -0.616. The van der Waals surface area contributed by atoms with Crippen LogP contribution in [-0.2, 0) is 0 Å². The van der Waals surface area contributed by atoms with Crippen molar-refractivity contribution in [3.63, 3.8) is 0 Å². The second kappa shape index (κ2) is 5.07. The lowest BCUT2D eigenvalue weighted by Gasteiger charge is -2.14. The normalized spacial score (nSPS) is 15.8. The molecule has 16 heavy (non-hydrogen) atoms. The molecule has 4 heteroatoms. The largest absolute Gasteiger partial charge is 0.489 e. The lowest BCUT2D eigenvalue weighted by molar-refractivity contribution is 0.340. The van der Waals surface area contributed by atoms with Crippen LogP contribution in [-0.4, -0.2) is 19.7 Å². The van der Waals surface area contributed by atoms with E-state index < -0.39 is 11.6 Å². The van der Waals surface area contributed by atoms with E-state index in [1.165, 1.54) is 12.1 Å². The maximum absolute atomic E-state index is 12.8. The average molecular weight is 225 g/mol. The van der Waals surface area contributed by atoms with Gasteiger partial charge in [0.25, 0.3) is 0 Å². The van der Waals surface area contributed by atoms with Crippen molar-refractivity contribution in [2.45, 2.75) is 6.42 Å². The van der Waals surface area contributed by atoms with Crippen molar-refractivity contribution in [1.29, 1.82) is 0 Å². The minimum absolute atomic E-state index is 0.233. The van der Waals surface area contributed by atoms with Crippen LogP contribution in [0.1, 0.15) is 6.42 Å². The molecule has 0 fully saturated rings. The molecular weight excluding hydrogens is 212 g/mol. The number of hydrogen-bond acceptors (Lipinski definition) is 2. The van der Waals surface area contributed by atoms with Crippen LogP contribution in [0.5, 0.6) is 5.75 Å². The smallest absolute Gasteiger partial charge is 0.129 e. The van der Waals surface area contributed by atoms with E-state index in [0.29, 0.717) is 6.61 Å². The first kappa shape index (κ1) is 11.1. The van der Waals surface area contributed by atoms with Gasteiger partial charge in [0.1, 0.15) is 24.0 Å². The van der Waals surface area contributed by atoms with Crippen LogP contribution in [0.3, 0.4) is 0 Å². The number of hydrogen-bond donors (Lipinski definition) is 1. The Kier molecular flexibility index (Phi) is 3.51. The van der Waals surface area contributed by atoms with Crippen molar-refractivity contribution in [3.8, 4) is 5.75 Å². The highest BCUT2D eigenvalue weighted by atomic mass is 19.1. The van der Waals surface area contributed by atoms with Gasteiger partial charge in [0.15, 0.2) is 0 Å². The van der Waals surface area contributed by atoms with E-state index in [1.807, 2.05) is 6.08 Å². The summed E-state index contributed by atoms with van der Waals surface area (Å²) < 4.78 is 31.0. The average Bonchev–Trinajstić information content (AvgIpc) is 2.27. The molecule has 1 aromatic carbocycles. The molecule has 2 nitrogen and oxygen atoms in total. The summed E-state index contributed by atoms with van der Waals surface area (Å²) in [4.78, 5) is 0. The van der Waals surface area contributed by atoms with Crippen molar-refractivity contribution >= 4 is 0 Å². The van der Waals surface area contributed by atoms with Crippen molar-refractivity contribution in [2.75, 3.05) is 19.7 Å². The highest BCUT2D eigenvalue weighted by molar-refractivity contribution is 5.24.